The van der Waals surface area contributed by atoms with Crippen LogP contribution in [-0.2, 0) is 19.1 Å². The van der Waals surface area contributed by atoms with Gasteiger partial charge in [0.1, 0.15) is 12.3 Å². The summed E-state index contributed by atoms with van der Waals surface area (Å²) in [7, 11) is 1.31. The molecule has 8 nitrogen and oxygen atoms in total. The van der Waals surface area contributed by atoms with Gasteiger partial charge in [0.2, 0.25) is 5.95 Å². The molecule has 2 fully saturated rings. The number of halogens is 1. The van der Waals surface area contributed by atoms with Crippen LogP contribution in [0.5, 0.6) is 0 Å². The Morgan fingerprint density at radius 1 is 1.19 bits per heavy atom. The molecule has 0 atom stereocenters. The molecule has 1 aromatic heterocycles. The average Bonchev–Trinajstić information content (AvgIpc) is 2.83. The normalized spacial score (nSPS) is 15.7. The third kappa shape index (κ3) is 7.93. The zero-order valence-corrected chi connectivity index (χ0v) is 17.8. The van der Waals surface area contributed by atoms with Crippen LogP contribution in [0.15, 0.2) is 30.5 Å². The van der Waals surface area contributed by atoms with Crippen molar-refractivity contribution in [2.75, 3.05) is 37.5 Å². The zero-order valence-electron chi connectivity index (χ0n) is 17.8. The molecule has 1 saturated heterocycles. The SMILES string of the molecule is C1CCCCC1.COC=O.Nc1ncc(F)c(-c2cccc(N3CCOCC3=O)c2)n1. The lowest BCUT2D eigenvalue weighted by Gasteiger charge is -2.27. The fourth-order valence-corrected chi connectivity index (χ4v) is 3.26. The fraction of sp³-hybridized carbons (Fsp3) is 0.455. The smallest absolute Gasteiger partial charge is 0.292 e. The fourth-order valence-electron chi connectivity index (χ4n) is 3.26. The topological polar surface area (TPSA) is 108 Å². The van der Waals surface area contributed by atoms with Crippen molar-refractivity contribution in [2.24, 2.45) is 0 Å². The second-order valence-electron chi connectivity index (χ2n) is 7.03. The van der Waals surface area contributed by atoms with Crippen molar-refractivity contribution < 1.29 is 23.5 Å². The number of hydrogen-bond donors (Lipinski definition) is 1. The van der Waals surface area contributed by atoms with Gasteiger partial charge in [0.25, 0.3) is 12.4 Å². The Morgan fingerprint density at radius 2 is 1.84 bits per heavy atom. The molecule has 2 heterocycles. The largest absolute Gasteiger partial charge is 0.471 e. The van der Waals surface area contributed by atoms with E-state index in [2.05, 4.69) is 14.7 Å². The lowest BCUT2D eigenvalue weighted by Crippen LogP contribution is -2.41. The number of morpholine rings is 1. The van der Waals surface area contributed by atoms with E-state index >= 15 is 0 Å². The lowest BCUT2D eigenvalue weighted by atomic mass is 10.0. The van der Waals surface area contributed by atoms with Crippen LogP contribution in [0.3, 0.4) is 0 Å². The monoisotopic (exact) mass is 432 g/mol. The lowest BCUT2D eigenvalue weighted by molar-refractivity contribution is -0.126. The second kappa shape index (κ2) is 13.3. The molecular formula is C22H29FN4O4. The van der Waals surface area contributed by atoms with E-state index in [0.717, 1.165) is 6.20 Å². The molecular weight excluding hydrogens is 403 g/mol. The molecule has 1 aromatic carbocycles. The Hall–Kier alpha value is -3.07. The first-order valence-electron chi connectivity index (χ1n) is 10.3. The number of carbonyl (C=O) groups excluding carboxylic acids is 2. The second-order valence-corrected chi connectivity index (χ2v) is 7.03. The summed E-state index contributed by atoms with van der Waals surface area (Å²) in [6.45, 7) is 1.38. The zero-order chi connectivity index (χ0) is 22.5. The van der Waals surface area contributed by atoms with E-state index in [-0.39, 0.29) is 24.2 Å². The van der Waals surface area contributed by atoms with Gasteiger partial charge in [0, 0.05) is 17.8 Å². The maximum Gasteiger partial charge on any atom is 0.292 e. The van der Waals surface area contributed by atoms with E-state index < -0.39 is 5.82 Å². The van der Waals surface area contributed by atoms with Gasteiger partial charge in [-0.2, -0.15) is 0 Å². The van der Waals surface area contributed by atoms with Crippen molar-refractivity contribution in [3.63, 3.8) is 0 Å². The van der Waals surface area contributed by atoms with Gasteiger partial charge in [-0.1, -0.05) is 50.7 Å². The number of hydrogen-bond acceptors (Lipinski definition) is 7. The minimum absolute atomic E-state index is 0.000693. The Bertz CT molecular complexity index is 835. The summed E-state index contributed by atoms with van der Waals surface area (Å²) in [5, 5.41) is 0. The highest BCUT2D eigenvalue weighted by Gasteiger charge is 2.21. The molecule has 31 heavy (non-hydrogen) atoms. The summed E-state index contributed by atoms with van der Waals surface area (Å²) in [4.78, 5) is 29.9. The van der Waals surface area contributed by atoms with Gasteiger partial charge >= 0.3 is 0 Å². The van der Waals surface area contributed by atoms with Crippen LogP contribution in [0.2, 0.25) is 0 Å². The van der Waals surface area contributed by atoms with Crippen molar-refractivity contribution in [3.05, 3.63) is 36.3 Å². The van der Waals surface area contributed by atoms with Gasteiger partial charge in [-0.3, -0.25) is 9.59 Å². The van der Waals surface area contributed by atoms with Crippen molar-refractivity contribution in [1.82, 2.24) is 9.97 Å². The maximum absolute atomic E-state index is 13.8. The highest BCUT2D eigenvalue weighted by molar-refractivity contribution is 5.95. The van der Waals surface area contributed by atoms with Crippen LogP contribution in [-0.4, -0.2) is 49.2 Å². The number of nitrogen functional groups attached to an aromatic ring is 1. The van der Waals surface area contributed by atoms with Crippen LogP contribution in [0.1, 0.15) is 38.5 Å². The number of aromatic nitrogens is 2. The maximum atomic E-state index is 13.8. The van der Waals surface area contributed by atoms with Crippen LogP contribution >= 0.6 is 0 Å². The first-order chi connectivity index (χ1) is 15.1. The number of carbonyl (C=O) groups is 2. The summed E-state index contributed by atoms with van der Waals surface area (Å²) in [5.74, 6) is -0.685. The number of nitrogens with two attached hydrogens (primary N) is 1. The van der Waals surface area contributed by atoms with Crippen molar-refractivity contribution in [3.8, 4) is 11.3 Å². The van der Waals surface area contributed by atoms with E-state index in [1.807, 2.05) is 0 Å². The Kier molecular flexibility index (Phi) is 10.4. The van der Waals surface area contributed by atoms with Crippen LogP contribution < -0.4 is 10.6 Å². The minimum atomic E-state index is -0.561. The molecule has 9 heteroatoms. The average molecular weight is 432 g/mol. The van der Waals surface area contributed by atoms with E-state index in [9.17, 15) is 9.18 Å². The minimum Gasteiger partial charge on any atom is -0.471 e. The van der Waals surface area contributed by atoms with Crippen molar-refractivity contribution >= 4 is 24.0 Å². The first kappa shape index (κ1) is 24.2. The standard InChI is InChI=1S/C14H13FN4O2.C6H12.C2H4O2/c15-11-7-17-14(16)18-13(11)9-2-1-3-10(6-9)19-4-5-21-8-12(19)20;1-2-4-6-5-3-1;1-4-2-3/h1-3,6-7H,4-5,8H2,(H2,16,17,18);1-6H2;2H,1H3. The predicted octanol–water partition coefficient (Wildman–Crippen LogP) is 3.36. The van der Waals surface area contributed by atoms with E-state index in [0.29, 0.717) is 30.9 Å². The number of nitrogens with zero attached hydrogens (tertiary/aromatic N) is 3. The Morgan fingerprint density at radius 3 is 2.42 bits per heavy atom. The molecule has 0 spiro atoms. The number of ether oxygens (including phenoxy) is 2. The highest BCUT2D eigenvalue weighted by atomic mass is 19.1. The molecule has 0 unspecified atom stereocenters. The molecule has 0 bridgehead atoms. The van der Waals surface area contributed by atoms with Crippen molar-refractivity contribution in [1.29, 1.82) is 0 Å². The van der Waals surface area contributed by atoms with E-state index in [1.54, 1.807) is 29.2 Å². The van der Waals surface area contributed by atoms with Crippen LogP contribution in [0.4, 0.5) is 16.0 Å². The summed E-state index contributed by atoms with van der Waals surface area (Å²) in [6.07, 6.45) is 10.0. The molecule has 1 saturated carbocycles. The van der Waals surface area contributed by atoms with Crippen LogP contribution in [0, 0.1) is 5.82 Å². The molecule has 1 aliphatic heterocycles. The summed E-state index contributed by atoms with van der Waals surface area (Å²) >= 11 is 0. The number of anilines is 2. The quantitative estimate of drug-likeness (QED) is 0.741. The molecule has 4 rings (SSSR count). The summed E-state index contributed by atoms with van der Waals surface area (Å²) < 4.78 is 22.8. The van der Waals surface area contributed by atoms with Crippen molar-refractivity contribution in [2.45, 2.75) is 38.5 Å². The van der Waals surface area contributed by atoms with Crippen LogP contribution in [0.25, 0.3) is 11.3 Å². The molecule has 2 N–H and O–H groups in total. The molecule has 2 aliphatic rings. The Labute approximate surface area is 181 Å². The Balaban J connectivity index is 0.000000283. The molecule has 1 aliphatic carbocycles. The molecule has 1 amide bonds. The number of rotatable bonds is 3. The summed E-state index contributed by atoms with van der Waals surface area (Å²) in [6, 6.07) is 6.94. The third-order valence-electron chi connectivity index (χ3n) is 4.78. The van der Waals surface area contributed by atoms with Gasteiger partial charge in [0.15, 0.2) is 5.82 Å². The van der Waals surface area contributed by atoms with Gasteiger partial charge in [0.05, 0.1) is 19.9 Å². The number of amides is 1. The molecule has 168 valence electrons. The highest BCUT2D eigenvalue weighted by Crippen LogP contribution is 2.26. The predicted molar refractivity (Wildman–Crippen MR) is 116 cm³/mol. The molecule has 2 aromatic rings. The summed E-state index contributed by atoms with van der Waals surface area (Å²) in [5.41, 5.74) is 6.83. The third-order valence-corrected chi connectivity index (χ3v) is 4.78. The van der Waals surface area contributed by atoms with Gasteiger partial charge < -0.3 is 20.1 Å². The van der Waals surface area contributed by atoms with Gasteiger partial charge in [-0.15, -0.1) is 0 Å². The number of methoxy groups -OCH3 is 1. The van der Waals surface area contributed by atoms with Gasteiger partial charge in [-0.25, -0.2) is 14.4 Å². The van der Waals surface area contributed by atoms with E-state index in [1.165, 1.54) is 45.6 Å². The first-order valence-corrected chi connectivity index (χ1v) is 10.3. The van der Waals surface area contributed by atoms with Gasteiger partial charge in [-0.05, 0) is 12.1 Å². The van der Waals surface area contributed by atoms with E-state index in [4.69, 9.17) is 15.3 Å². The molecule has 0 radical (unpaired) electrons. The number of benzene rings is 1.